The summed E-state index contributed by atoms with van der Waals surface area (Å²) in [7, 11) is 3.24. The Kier molecular flexibility index (Phi) is 6.97. The molecule has 1 heterocycles. The molecule has 3 atom stereocenters. The van der Waals surface area contributed by atoms with E-state index in [0.717, 1.165) is 19.0 Å². The van der Waals surface area contributed by atoms with E-state index in [0.29, 0.717) is 11.8 Å². The van der Waals surface area contributed by atoms with E-state index in [4.69, 9.17) is 4.74 Å². The number of ether oxygens (including phenoxy) is 1. The first-order valence-corrected chi connectivity index (χ1v) is 9.18. The monoisotopic (exact) mass is 349 g/mol. The molecule has 0 spiro atoms. The molecule has 6 heteroatoms. The summed E-state index contributed by atoms with van der Waals surface area (Å²) >= 11 is 1.84. The fourth-order valence-electron chi connectivity index (χ4n) is 2.94. The number of hydrogen-bond acceptors (Lipinski definition) is 4. The van der Waals surface area contributed by atoms with Crippen LogP contribution in [0.15, 0.2) is 40.2 Å². The molecule has 1 fully saturated rings. The molecule has 24 heavy (non-hydrogen) atoms. The summed E-state index contributed by atoms with van der Waals surface area (Å²) in [6.07, 6.45) is 0. The average molecular weight is 350 g/mol. The van der Waals surface area contributed by atoms with Gasteiger partial charge in [0, 0.05) is 36.8 Å². The summed E-state index contributed by atoms with van der Waals surface area (Å²) in [6.45, 7) is 6.58. The molecule has 0 saturated carbocycles. The SMILES string of the molecule is CN=C(NCC(C)Sc1ccccc1)N1CC(C)C(C(=O)OC)C1. The summed E-state index contributed by atoms with van der Waals surface area (Å²) in [5.74, 6) is 0.916. The summed E-state index contributed by atoms with van der Waals surface area (Å²) < 4.78 is 4.90. The van der Waals surface area contributed by atoms with Gasteiger partial charge in [-0.3, -0.25) is 9.79 Å². The lowest BCUT2D eigenvalue weighted by Crippen LogP contribution is -2.42. The van der Waals surface area contributed by atoms with E-state index in [1.54, 1.807) is 7.05 Å². The first-order chi connectivity index (χ1) is 11.5. The number of aliphatic imine (C=N–C) groups is 1. The predicted molar refractivity (Wildman–Crippen MR) is 99.4 cm³/mol. The maximum Gasteiger partial charge on any atom is 0.310 e. The van der Waals surface area contributed by atoms with Gasteiger partial charge in [-0.2, -0.15) is 0 Å². The fraction of sp³-hybridized carbons (Fsp3) is 0.556. The number of nitrogens with one attached hydrogen (secondary N) is 1. The zero-order valence-electron chi connectivity index (χ0n) is 14.9. The number of rotatable bonds is 5. The van der Waals surface area contributed by atoms with Crippen LogP contribution < -0.4 is 5.32 Å². The molecule has 3 unspecified atom stereocenters. The van der Waals surface area contributed by atoms with Crippen molar-refractivity contribution in [3.8, 4) is 0 Å². The molecule has 0 amide bonds. The predicted octanol–water partition coefficient (Wildman–Crippen LogP) is 2.48. The van der Waals surface area contributed by atoms with Crippen molar-refractivity contribution >= 4 is 23.7 Å². The molecule has 1 aromatic rings. The number of methoxy groups -OCH3 is 1. The Labute approximate surface area is 148 Å². The first-order valence-electron chi connectivity index (χ1n) is 8.30. The summed E-state index contributed by atoms with van der Waals surface area (Å²) in [5, 5.41) is 3.85. The Bertz CT molecular complexity index is 565. The molecule has 1 N–H and O–H groups in total. The number of hydrogen-bond donors (Lipinski definition) is 1. The number of likely N-dealkylation sites (tertiary alicyclic amines) is 1. The first kappa shape index (κ1) is 18.6. The van der Waals surface area contributed by atoms with Crippen LogP contribution in [0.2, 0.25) is 0 Å². The molecule has 5 nitrogen and oxygen atoms in total. The van der Waals surface area contributed by atoms with Gasteiger partial charge in [-0.1, -0.05) is 32.0 Å². The van der Waals surface area contributed by atoms with Gasteiger partial charge in [0.15, 0.2) is 5.96 Å². The van der Waals surface area contributed by atoms with Crippen molar-refractivity contribution in [2.24, 2.45) is 16.8 Å². The molecule has 0 bridgehead atoms. The third-order valence-corrected chi connectivity index (χ3v) is 5.37. The molecule has 0 aliphatic carbocycles. The number of thioether (sulfide) groups is 1. The van der Waals surface area contributed by atoms with Crippen molar-refractivity contribution in [3.05, 3.63) is 30.3 Å². The summed E-state index contributed by atoms with van der Waals surface area (Å²) in [5.41, 5.74) is 0. The van der Waals surface area contributed by atoms with E-state index < -0.39 is 0 Å². The van der Waals surface area contributed by atoms with Crippen LogP contribution in [0, 0.1) is 11.8 Å². The molecular formula is C18H27N3O2S. The van der Waals surface area contributed by atoms with Gasteiger partial charge < -0.3 is 15.0 Å². The molecule has 1 aliphatic heterocycles. The number of carbonyl (C=O) groups excluding carboxylic acids is 1. The Morgan fingerprint density at radius 1 is 1.42 bits per heavy atom. The van der Waals surface area contributed by atoms with Crippen molar-refractivity contribution in [3.63, 3.8) is 0 Å². The van der Waals surface area contributed by atoms with E-state index in [1.165, 1.54) is 12.0 Å². The van der Waals surface area contributed by atoms with Crippen molar-refractivity contribution in [1.82, 2.24) is 10.2 Å². The third-order valence-electron chi connectivity index (χ3n) is 4.26. The minimum atomic E-state index is -0.131. The smallest absolute Gasteiger partial charge is 0.310 e. The molecule has 132 valence electrons. The minimum absolute atomic E-state index is 0.0790. The zero-order valence-corrected chi connectivity index (χ0v) is 15.7. The number of nitrogens with zero attached hydrogens (tertiary/aromatic N) is 2. The second kappa shape index (κ2) is 8.97. The number of benzene rings is 1. The van der Waals surface area contributed by atoms with E-state index in [9.17, 15) is 4.79 Å². The third kappa shape index (κ3) is 4.90. The van der Waals surface area contributed by atoms with E-state index in [1.807, 2.05) is 17.8 Å². The maximum absolute atomic E-state index is 11.8. The number of guanidine groups is 1. The van der Waals surface area contributed by atoms with Crippen LogP contribution in [0.3, 0.4) is 0 Å². The molecule has 0 aromatic heterocycles. The van der Waals surface area contributed by atoms with Gasteiger partial charge in [0.05, 0.1) is 13.0 Å². The summed E-state index contributed by atoms with van der Waals surface area (Å²) in [6, 6.07) is 10.4. The second-order valence-corrected chi connectivity index (χ2v) is 7.69. The second-order valence-electron chi connectivity index (χ2n) is 6.18. The number of esters is 1. The van der Waals surface area contributed by atoms with Crippen LogP contribution >= 0.6 is 11.8 Å². The lowest BCUT2D eigenvalue weighted by atomic mass is 9.99. The molecule has 1 saturated heterocycles. The minimum Gasteiger partial charge on any atom is -0.469 e. The molecular weight excluding hydrogens is 322 g/mol. The van der Waals surface area contributed by atoms with Crippen LogP contribution in [0.4, 0.5) is 0 Å². The maximum atomic E-state index is 11.8. The van der Waals surface area contributed by atoms with Crippen LogP contribution in [-0.2, 0) is 9.53 Å². The lowest BCUT2D eigenvalue weighted by Gasteiger charge is -2.23. The average Bonchev–Trinajstić information content (AvgIpc) is 2.97. The van der Waals surface area contributed by atoms with Gasteiger partial charge in [-0.05, 0) is 18.1 Å². The van der Waals surface area contributed by atoms with E-state index in [2.05, 4.69) is 53.3 Å². The van der Waals surface area contributed by atoms with Crippen molar-refractivity contribution in [2.45, 2.75) is 24.0 Å². The highest BCUT2D eigenvalue weighted by atomic mass is 32.2. The summed E-state index contributed by atoms with van der Waals surface area (Å²) in [4.78, 5) is 19.6. The Morgan fingerprint density at radius 2 is 2.12 bits per heavy atom. The Balaban J connectivity index is 1.85. The van der Waals surface area contributed by atoms with Crippen molar-refractivity contribution in [2.75, 3.05) is 33.8 Å². The standard InChI is InChI=1S/C18H27N3O2S/c1-13-11-21(12-16(13)17(22)23-4)18(19-3)20-10-14(2)24-15-8-6-5-7-9-15/h5-9,13-14,16H,10-12H2,1-4H3,(H,19,20). The van der Waals surface area contributed by atoms with Gasteiger partial charge in [0.25, 0.3) is 0 Å². The lowest BCUT2D eigenvalue weighted by molar-refractivity contribution is -0.145. The highest BCUT2D eigenvalue weighted by molar-refractivity contribution is 8.00. The Hall–Kier alpha value is -1.69. The number of carbonyl (C=O) groups is 1. The quantitative estimate of drug-likeness (QED) is 0.383. The van der Waals surface area contributed by atoms with Crippen LogP contribution in [0.1, 0.15) is 13.8 Å². The van der Waals surface area contributed by atoms with Gasteiger partial charge in [-0.25, -0.2) is 0 Å². The van der Waals surface area contributed by atoms with Gasteiger partial charge in [-0.15, -0.1) is 11.8 Å². The zero-order chi connectivity index (χ0) is 17.5. The molecule has 1 aliphatic rings. The molecule has 2 rings (SSSR count). The molecule has 1 aromatic carbocycles. The van der Waals surface area contributed by atoms with E-state index >= 15 is 0 Å². The fourth-order valence-corrected chi connectivity index (χ4v) is 3.88. The largest absolute Gasteiger partial charge is 0.469 e. The van der Waals surface area contributed by atoms with Crippen molar-refractivity contribution in [1.29, 1.82) is 0 Å². The van der Waals surface area contributed by atoms with Crippen LogP contribution in [0.5, 0.6) is 0 Å². The Morgan fingerprint density at radius 3 is 2.75 bits per heavy atom. The van der Waals surface area contributed by atoms with Crippen LogP contribution in [-0.4, -0.2) is 55.9 Å². The van der Waals surface area contributed by atoms with Gasteiger partial charge >= 0.3 is 5.97 Å². The molecule has 0 radical (unpaired) electrons. The normalized spacial score (nSPS) is 22.3. The highest BCUT2D eigenvalue weighted by Crippen LogP contribution is 2.25. The van der Waals surface area contributed by atoms with Crippen LogP contribution in [0.25, 0.3) is 0 Å². The van der Waals surface area contributed by atoms with E-state index in [-0.39, 0.29) is 17.8 Å². The van der Waals surface area contributed by atoms with Crippen molar-refractivity contribution < 1.29 is 9.53 Å². The topological polar surface area (TPSA) is 53.9 Å². The van der Waals surface area contributed by atoms with Gasteiger partial charge in [0.1, 0.15) is 0 Å². The highest BCUT2D eigenvalue weighted by Gasteiger charge is 2.36. The van der Waals surface area contributed by atoms with Gasteiger partial charge in [0.2, 0.25) is 0 Å².